The molecule has 3 aliphatic carbocycles. The molecule has 0 saturated heterocycles. The molecule has 3 fully saturated rings. The van der Waals surface area contributed by atoms with Crippen LogP contribution in [0.2, 0.25) is 0 Å². The maximum atomic E-state index is 13.9. The van der Waals surface area contributed by atoms with Gasteiger partial charge in [-0.2, -0.15) is 13.2 Å². The van der Waals surface area contributed by atoms with Gasteiger partial charge in [0.15, 0.2) is 11.6 Å². The highest BCUT2D eigenvalue weighted by Gasteiger charge is 2.47. The van der Waals surface area contributed by atoms with Crippen molar-refractivity contribution in [3.05, 3.63) is 42.1 Å². The number of alkyl halides is 3. The number of halogens is 4. The van der Waals surface area contributed by atoms with Crippen molar-refractivity contribution in [2.45, 2.75) is 37.9 Å². The van der Waals surface area contributed by atoms with Crippen LogP contribution in [0.15, 0.2) is 30.6 Å². The van der Waals surface area contributed by atoms with E-state index in [1.807, 2.05) is 0 Å². The van der Waals surface area contributed by atoms with Gasteiger partial charge in [0, 0.05) is 23.2 Å². The summed E-state index contributed by atoms with van der Waals surface area (Å²) in [4.78, 5) is 23.4. The molecule has 0 unspecified atom stereocenters. The summed E-state index contributed by atoms with van der Waals surface area (Å²) in [5.41, 5.74) is -0.309. The number of hydrogen-bond acceptors (Lipinski definition) is 5. The summed E-state index contributed by atoms with van der Waals surface area (Å²) in [5, 5.41) is 17.6. The number of fused-ring (bicyclic) bond motifs is 5. The lowest BCUT2D eigenvalue weighted by atomic mass is 9.61. The van der Waals surface area contributed by atoms with Crippen LogP contribution in [0.1, 0.15) is 31.4 Å². The lowest BCUT2D eigenvalue weighted by Crippen LogP contribution is -2.51. The number of H-pyrrole nitrogens is 1. The van der Waals surface area contributed by atoms with Gasteiger partial charge in [-0.1, -0.05) is 0 Å². The minimum Gasteiger partial charge on any atom is -0.481 e. The average Bonchev–Trinajstić information content (AvgIpc) is 3.43. The van der Waals surface area contributed by atoms with Crippen molar-refractivity contribution < 1.29 is 27.5 Å². The highest BCUT2D eigenvalue weighted by atomic mass is 19.4. The second-order valence-corrected chi connectivity index (χ2v) is 9.26. The molecule has 3 N–H and O–H groups in total. The molecule has 35 heavy (non-hydrogen) atoms. The third kappa shape index (κ3) is 3.50. The van der Waals surface area contributed by atoms with Gasteiger partial charge in [-0.25, -0.2) is 18.9 Å². The zero-order chi connectivity index (χ0) is 24.5. The largest absolute Gasteiger partial charge is 0.481 e. The van der Waals surface area contributed by atoms with E-state index in [0.29, 0.717) is 11.0 Å². The van der Waals surface area contributed by atoms with Gasteiger partial charge in [0.2, 0.25) is 0 Å². The number of carbonyl (C=O) groups is 1. The molecule has 0 amide bonds. The van der Waals surface area contributed by atoms with Gasteiger partial charge in [-0.3, -0.25) is 4.79 Å². The van der Waals surface area contributed by atoms with Crippen LogP contribution in [0.3, 0.4) is 0 Å². The van der Waals surface area contributed by atoms with E-state index in [1.165, 1.54) is 18.3 Å². The summed E-state index contributed by atoms with van der Waals surface area (Å²) in [6.45, 7) is 0. The number of aliphatic carboxylic acids is 1. The summed E-state index contributed by atoms with van der Waals surface area (Å²) in [6.07, 6.45) is 1.14. The molecule has 182 valence electrons. The average molecular weight is 488 g/mol. The van der Waals surface area contributed by atoms with Crippen molar-refractivity contribution in [2.24, 2.45) is 17.8 Å². The number of aromatic nitrogens is 5. The summed E-state index contributed by atoms with van der Waals surface area (Å²) >= 11 is 0. The third-order valence-electron chi connectivity index (χ3n) is 7.35. The third-order valence-corrected chi connectivity index (χ3v) is 7.35. The Morgan fingerprint density at radius 1 is 1.17 bits per heavy atom. The maximum Gasteiger partial charge on any atom is 0.433 e. The van der Waals surface area contributed by atoms with Crippen LogP contribution in [0.5, 0.6) is 0 Å². The lowest BCUT2D eigenvalue weighted by molar-refractivity contribution is -0.148. The SMILES string of the molecule is O=C(O)[C@H]1[C@H]2CC[C@H](CC2)[C@@H]1Nc1nc(-c2c[nH]c3ncc(F)cc23)nn2c(C(F)(F)F)ccc12. The van der Waals surface area contributed by atoms with E-state index in [2.05, 4.69) is 25.4 Å². The Morgan fingerprint density at radius 3 is 2.63 bits per heavy atom. The minimum absolute atomic E-state index is 0.00696. The van der Waals surface area contributed by atoms with Gasteiger partial charge in [-0.15, -0.1) is 5.10 Å². The second kappa shape index (κ2) is 7.65. The fourth-order valence-corrected chi connectivity index (χ4v) is 5.76. The topological polar surface area (TPSA) is 108 Å². The highest BCUT2D eigenvalue weighted by Crippen LogP contribution is 2.46. The number of carboxylic acid groups (broad SMARTS) is 1. The Bertz CT molecular complexity index is 1450. The first-order valence-corrected chi connectivity index (χ1v) is 11.3. The number of rotatable bonds is 4. The van der Waals surface area contributed by atoms with E-state index in [-0.39, 0.29) is 34.6 Å². The smallest absolute Gasteiger partial charge is 0.433 e. The highest BCUT2D eigenvalue weighted by molar-refractivity contribution is 5.92. The van der Waals surface area contributed by atoms with Crippen molar-refractivity contribution in [3.63, 3.8) is 0 Å². The molecule has 0 aliphatic heterocycles. The van der Waals surface area contributed by atoms with Crippen molar-refractivity contribution in [1.29, 1.82) is 0 Å². The molecule has 2 atom stereocenters. The van der Waals surface area contributed by atoms with Gasteiger partial charge in [-0.05, 0) is 55.7 Å². The number of nitrogens with one attached hydrogen (secondary N) is 2. The molecule has 12 heteroatoms. The Kier molecular flexibility index (Phi) is 4.77. The normalized spacial score (nSPS) is 24.3. The molecular weight excluding hydrogens is 468 g/mol. The zero-order valence-electron chi connectivity index (χ0n) is 18.2. The first kappa shape index (κ1) is 21.8. The van der Waals surface area contributed by atoms with Gasteiger partial charge >= 0.3 is 12.1 Å². The van der Waals surface area contributed by atoms with Gasteiger partial charge in [0.1, 0.15) is 22.7 Å². The van der Waals surface area contributed by atoms with E-state index in [1.54, 1.807) is 0 Å². The fourth-order valence-electron chi connectivity index (χ4n) is 5.76. The summed E-state index contributed by atoms with van der Waals surface area (Å²) in [5.74, 6) is -2.09. The maximum absolute atomic E-state index is 13.9. The molecule has 0 spiro atoms. The van der Waals surface area contributed by atoms with Gasteiger partial charge < -0.3 is 15.4 Å². The monoisotopic (exact) mass is 488 g/mol. The van der Waals surface area contributed by atoms with Crippen LogP contribution in [-0.2, 0) is 11.0 Å². The summed E-state index contributed by atoms with van der Waals surface area (Å²) in [7, 11) is 0. The predicted molar refractivity (Wildman–Crippen MR) is 117 cm³/mol. The second-order valence-electron chi connectivity index (χ2n) is 9.26. The molecule has 4 aromatic heterocycles. The van der Waals surface area contributed by atoms with Crippen LogP contribution in [0, 0.1) is 23.6 Å². The minimum atomic E-state index is -4.68. The molecule has 3 aliphatic rings. The van der Waals surface area contributed by atoms with E-state index in [9.17, 15) is 27.5 Å². The summed E-state index contributed by atoms with van der Waals surface area (Å²) in [6, 6.07) is 2.91. The van der Waals surface area contributed by atoms with Crippen LogP contribution < -0.4 is 5.32 Å². The molecular formula is C23H20F4N6O2. The lowest BCUT2D eigenvalue weighted by Gasteiger charge is -2.47. The molecule has 7 rings (SSSR count). The molecule has 0 radical (unpaired) electrons. The predicted octanol–water partition coefficient (Wildman–Crippen LogP) is 4.73. The van der Waals surface area contributed by atoms with E-state index in [4.69, 9.17) is 0 Å². The van der Waals surface area contributed by atoms with E-state index in [0.717, 1.165) is 42.5 Å². The number of carboxylic acids is 1. The first-order valence-electron chi connectivity index (χ1n) is 11.3. The Labute approximate surface area is 195 Å². The summed E-state index contributed by atoms with van der Waals surface area (Å²) < 4.78 is 55.9. The molecule has 4 heterocycles. The van der Waals surface area contributed by atoms with Crippen LogP contribution in [0.25, 0.3) is 27.9 Å². The number of aromatic amines is 1. The van der Waals surface area contributed by atoms with Gasteiger partial charge in [0.25, 0.3) is 0 Å². The van der Waals surface area contributed by atoms with E-state index < -0.39 is 35.6 Å². The molecule has 2 bridgehead atoms. The van der Waals surface area contributed by atoms with Crippen molar-refractivity contribution in [1.82, 2.24) is 24.6 Å². The molecule has 8 nitrogen and oxygen atoms in total. The standard InChI is InChI=1S/C23H20F4N6O2/c24-12-7-13-14(9-29-19(13)28-8-12)20-31-21(15-5-6-16(23(25,26)27)33(15)32-20)30-18-11-3-1-10(2-4-11)17(18)22(34)35/h5-11,17-18H,1-4H2,(H,28,29)(H,34,35)(H,30,31,32)/t10-,11+,17-,18-/m0/s1. The number of nitrogens with zero attached hydrogens (tertiary/aromatic N) is 4. The van der Waals surface area contributed by atoms with Gasteiger partial charge in [0.05, 0.1) is 12.1 Å². The Hall–Kier alpha value is -3.70. The van der Waals surface area contributed by atoms with Crippen LogP contribution in [-0.4, -0.2) is 41.7 Å². The van der Waals surface area contributed by atoms with E-state index >= 15 is 0 Å². The van der Waals surface area contributed by atoms with Crippen molar-refractivity contribution in [2.75, 3.05) is 5.32 Å². The van der Waals surface area contributed by atoms with Crippen molar-refractivity contribution >= 4 is 28.3 Å². The van der Waals surface area contributed by atoms with Crippen molar-refractivity contribution in [3.8, 4) is 11.4 Å². The Morgan fingerprint density at radius 2 is 1.91 bits per heavy atom. The molecule has 3 saturated carbocycles. The zero-order valence-corrected chi connectivity index (χ0v) is 18.2. The quantitative estimate of drug-likeness (QED) is 0.359. The number of pyridine rings is 1. The fraction of sp³-hybridized carbons (Fsp3) is 0.391. The number of anilines is 1. The molecule has 0 aromatic carbocycles. The first-order chi connectivity index (χ1) is 16.7. The molecule has 4 aromatic rings. The van der Waals surface area contributed by atoms with Crippen LogP contribution >= 0.6 is 0 Å². The van der Waals surface area contributed by atoms with Crippen LogP contribution in [0.4, 0.5) is 23.4 Å². The number of hydrogen-bond donors (Lipinski definition) is 3. The Balaban J connectivity index is 1.53.